The van der Waals surface area contributed by atoms with E-state index in [0.29, 0.717) is 5.92 Å². The number of hydrogen-bond donors (Lipinski definition) is 2. The minimum absolute atomic E-state index is 0.233. The maximum absolute atomic E-state index is 8.95. The third kappa shape index (κ3) is 1.87. The Morgan fingerprint density at radius 2 is 2.54 bits per heavy atom. The van der Waals surface area contributed by atoms with Crippen molar-refractivity contribution < 1.29 is 5.11 Å². The fraction of sp³-hybridized carbons (Fsp3) is 0.500. The first-order chi connectivity index (χ1) is 6.40. The summed E-state index contributed by atoms with van der Waals surface area (Å²) in [7, 11) is 0. The molecule has 0 amide bonds. The van der Waals surface area contributed by atoms with Gasteiger partial charge in [-0.25, -0.2) is 0 Å². The van der Waals surface area contributed by atoms with Crippen LogP contribution in [0.4, 0.5) is 0 Å². The maximum Gasteiger partial charge on any atom is 0.0584 e. The lowest BCUT2D eigenvalue weighted by molar-refractivity contribution is 0.254. The smallest absolute Gasteiger partial charge is 0.0584 e. The zero-order valence-electron chi connectivity index (χ0n) is 7.48. The third-order valence-electron chi connectivity index (χ3n) is 2.60. The average molecular weight is 178 g/mol. The number of pyridine rings is 1. The molecule has 0 bridgehead atoms. The molecule has 0 saturated carbocycles. The standard InChI is InChI=1S/C10H14N2O/c13-7-10-4-9(6-12-10)8-2-1-3-11-5-8/h1-3,5,9-10,12-13H,4,6-7H2/t9-,10+/m1/s1. The Morgan fingerprint density at radius 3 is 3.15 bits per heavy atom. The summed E-state index contributed by atoms with van der Waals surface area (Å²) in [4.78, 5) is 4.09. The van der Waals surface area contributed by atoms with Gasteiger partial charge in [-0.05, 0) is 24.0 Å². The lowest BCUT2D eigenvalue weighted by Crippen LogP contribution is -2.24. The van der Waals surface area contributed by atoms with Crippen LogP contribution in [-0.2, 0) is 0 Å². The Bertz CT molecular complexity index is 263. The summed E-state index contributed by atoms with van der Waals surface area (Å²) in [5.41, 5.74) is 1.27. The number of nitrogens with zero attached hydrogens (tertiary/aromatic N) is 1. The topological polar surface area (TPSA) is 45.2 Å². The summed E-state index contributed by atoms with van der Waals surface area (Å²) in [6.07, 6.45) is 4.71. The van der Waals surface area contributed by atoms with Crippen molar-refractivity contribution in [3.05, 3.63) is 30.1 Å². The molecule has 1 aromatic heterocycles. The van der Waals surface area contributed by atoms with E-state index in [1.807, 2.05) is 12.3 Å². The second kappa shape index (κ2) is 3.85. The number of aliphatic hydroxyl groups excluding tert-OH is 1. The quantitative estimate of drug-likeness (QED) is 0.694. The van der Waals surface area contributed by atoms with E-state index in [2.05, 4.69) is 16.4 Å². The Morgan fingerprint density at radius 1 is 1.62 bits per heavy atom. The summed E-state index contributed by atoms with van der Waals surface area (Å²) < 4.78 is 0. The van der Waals surface area contributed by atoms with Crippen molar-refractivity contribution in [1.82, 2.24) is 10.3 Å². The van der Waals surface area contributed by atoms with Gasteiger partial charge < -0.3 is 10.4 Å². The number of aromatic nitrogens is 1. The van der Waals surface area contributed by atoms with Crippen LogP contribution in [0.25, 0.3) is 0 Å². The number of hydrogen-bond acceptors (Lipinski definition) is 3. The van der Waals surface area contributed by atoms with Crippen molar-refractivity contribution in [2.24, 2.45) is 0 Å². The van der Waals surface area contributed by atoms with Crippen LogP contribution in [0.2, 0.25) is 0 Å². The Hall–Kier alpha value is -0.930. The Labute approximate surface area is 77.8 Å². The van der Waals surface area contributed by atoms with E-state index < -0.39 is 0 Å². The minimum atomic E-state index is 0.233. The van der Waals surface area contributed by atoms with Crippen molar-refractivity contribution in [1.29, 1.82) is 0 Å². The van der Waals surface area contributed by atoms with E-state index in [1.54, 1.807) is 6.20 Å². The number of nitrogens with one attached hydrogen (secondary N) is 1. The van der Waals surface area contributed by atoms with Gasteiger partial charge in [0.15, 0.2) is 0 Å². The molecule has 2 atom stereocenters. The van der Waals surface area contributed by atoms with E-state index in [-0.39, 0.29) is 12.6 Å². The monoisotopic (exact) mass is 178 g/mol. The second-order valence-electron chi connectivity index (χ2n) is 3.51. The van der Waals surface area contributed by atoms with Gasteiger partial charge in [0, 0.05) is 25.0 Å². The molecule has 70 valence electrons. The van der Waals surface area contributed by atoms with Crippen LogP contribution in [0.15, 0.2) is 24.5 Å². The summed E-state index contributed by atoms with van der Waals surface area (Å²) in [6.45, 7) is 1.19. The van der Waals surface area contributed by atoms with Gasteiger partial charge >= 0.3 is 0 Å². The summed E-state index contributed by atoms with van der Waals surface area (Å²) >= 11 is 0. The van der Waals surface area contributed by atoms with E-state index in [4.69, 9.17) is 5.11 Å². The predicted molar refractivity (Wildman–Crippen MR) is 50.5 cm³/mol. The van der Waals surface area contributed by atoms with Gasteiger partial charge in [0.05, 0.1) is 6.61 Å². The number of rotatable bonds is 2. The highest BCUT2D eigenvalue weighted by atomic mass is 16.3. The summed E-state index contributed by atoms with van der Waals surface area (Å²) in [5.74, 6) is 0.519. The fourth-order valence-corrected chi connectivity index (χ4v) is 1.83. The molecule has 1 aliphatic rings. The van der Waals surface area contributed by atoms with Gasteiger partial charge in [-0.2, -0.15) is 0 Å². The van der Waals surface area contributed by atoms with Crippen LogP contribution >= 0.6 is 0 Å². The molecule has 3 nitrogen and oxygen atoms in total. The molecule has 1 aliphatic heterocycles. The van der Waals surface area contributed by atoms with Crippen molar-refractivity contribution in [3.63, 3.8) is 0 Å². The highest BCUT2D eigenvalue weighted by molar-refractivity contribution is 5.17. The van der Waals surface area contributed by atoms with Gasteiger partial charge in [-0.3, -0.25) is 4.98 Å². The number of aliphatic hydroxyl groups is 1. The van der Waals surface area contributed by atoms with Crippen LogP contribution in [0.1, 0.15) is 17.9 Å². The third-order valence-corrected chi connectivity index (χ3v) is 2.60. The van der Waals surface area contributed by atoms with Crippen molar-refractivity contribution in [3.8, 4) is 0 Å². The highest BCUT2D eigenvalue weighted by Crippen LogP contribution is 2.24. The molecule has 2 N–H and O–H groups in total. The molecular weight excluding hydrogens is 164 g/mol. The lowest BCUT2D eigenvalue weighted by atomic mass is 9.98. The van der Waals surface area contributed by atoms with Crippen LogP contribution in [0.5, 0.6) is 0 Å². The molecule has 1 saturated heterocycles. The molecule has 0 aliphatic carbocycles. The zero-order valence-corrected chi connectivity index (χ0v) is 7.48. The van der Waals surface area contributed by atoms with Crippen molar-refractivity contribution in [2.75, 3.05) is 13.2 Å². The van der Waals surface area contributed by atoms with Crippen molar-refractivity contribution in [2.45, 2.75) is 18.4 Å². The first kappa shape index (κ1) is 8.66. The lowest BCUT2D eigenvalue weighted by Gasteiger charge is -2.07. The molecule has 0 radical (unpaired) electrons. The molecule has 0 aromatic carbocycles. The maximum atomic E-state index is 8.95. The molecule has 3 heteroatoms. The highest BCUT2D eigenvalue weighted by Gasteiger charge is 2.24. The zero-order chi connectivity index (χ0) is 9.10. The first-order valence-corrected chi connectivity index (χ1v) is 4.64. The van der Waals surface area contributed by atoms with Gasteiger partial charge in [0.2, 0.25) is 0 Å². The van der Waals surface area contributed by atoms with E-state index in [1.165, 1.54) is 5.56 Å². The first-order valence-electron chi connectivity index (χ1n) is 4.64. The fourth-order valence-electron chi connectivity index (χ4n) is 1.83. The summed E-state index contributed by atoms with van der Waals surface area (Å²) in [6, 6.07) is 4.32. The Balaban J connectivity index is 2.04. The molecule has 2 heterocycles. The van der Waals surface area contributed by atoms with Crippen LogP contribution < -0.4 is 5.32 Å². The largest absolute Gasteiger partial charge is 0.395 e. The molecular formula is C10H14N2O. The van der Waals surface area contributed by atoms with Gasteiger partial charge in [0.1, 0.15) is 0 Å². The molecule has 1 aromatic rings. The van der Waals surface area contributed by atoms with Crippen LogP contribution in [0.3, 0.4) is 0 Å². The van der Waals surface area contributed by atoms with Crippen LogP contribution in [0, 0.1) is 0 Å². The predicted octanol–water partition coefficient (Wildman–Crippen LogP) is 0.519. The second-order valence-corrected chi connectivity index (χ2v) is 3.51. The minimum Gasteiger partial charge on any atom is -0.395 e. The average Bonchev–Trinajstić information content (AvgIpc) is 2.67. The van der Waals surface area contributed by atoms with E-state index >= 15 is 0 Å². The normalized spacial score (nSPS) is 27.8. The molecule has 1 fully saturated rings. The molecule has 2 rings (SSSR count). The van der Waals surface area contributed by atoms with Gasteiger partial charge in [-0.15, -0.1) is 0 Å². The Kier molecular flexibility index (Phi) is 2.57. The molecule has 0 unspecified atom stereocenters. The SMILES string of the molecule is OC[C@@H]1C[C@@H](c2cccnc2)CN1. The van der Waals surface area contributed by atoms with E-state index in [0.717, 1.165) is 13.0 Å². The van der Waals surface area contributed by atoms with Crippen molar-refractivity contribution >= 4 is 0 Å². The molecule has 0 spiro atoms. The molecule has 13 heavy (non-hydrogen) atoms. The van der Waals surface area contributed by atoms with Gasteiger partial charge in [0.25, 0.3) is 0 Å². The van der Waals surface area contributed by atoms with E-state index in [9.17, 15) is 0 Å². The van der Waals surface area contributed by atoms with Crippen LogP contribution in [-0.4, -0.2) is 29.3 Å². The van der Waals surface area contributed by atoms with Gasteiger partial charge in [-0.1, -0.05) is 6.07 Å². The summed E-state index contributed by atoms with van der Waals surface area (Å²) in [5, 5.41) is 12.2.